The summed E-state index contributed by atoms with van der Waals surface area (Å²) in [6, 6.07) is -0.0246. The van der Waals surface area contributed by atoms with Crippen molar-refractivity contribution in [1.29, 1.82) is 0 Å². The van der Waals surface area contributed by atoms with Gasteiger partial charge in [-0.15, -0.1) is 0 Å². The van der Waals surface area contributed by atoms with Gasteiger partial charge in [-0.2, -0.15) is 5.10 Å². The summed E-state index contributed by atoms with van der Waals surface area (Å²) < 4.78 is 39.0. The number of rotatable bonds is 10. The Morgan fingerprint density at radius 3 is 2.49 bits per heavy atom. The topological polar surface area (TPSA) is 155 Å². The highest BCUT2D eigenvalue weighted by Crippen LogP contribution is 2.57. The van der Waals surface area contributed by atoms with Crippen molar-refractivity contribution in [3.05, 3.63) is 17.8 Å². The predicted octanol–water partition coefficient (Wildman–Crippen LogP) is 2.49. The van der Waals surface area contributed by atoms with Crippen LogP contribution in [0.1, 0.15) is 70.2 Å². The molecule has 0 spiro atoms. The van der Waals surface area contributed by atoms with Crippen molar-refractivity contribution >= 4 is 28.2 Å². The van der Waals surface area contributed by atoms with Crippen LogP contribution in [0.5, 0.6) is 5.88 Å². The molecule has 1 heterocycles. The van der Waals surface area contributed by atoms with Crippen LogP contribution in [-0.2, 0) is 14.8 Å². The van der Waals surface area contributed by atoms with Crippen molar-refractivity contribution in [3.63, 3.8) is 0 Å². The van der Waals surface area contributed by atoms with Gasteiger partial charge in [-0.1, -0.05) is 13.8 Å². The van der Waals surface area contributed by atoms with Crippen LogP contribution >= 0.6 is 0 Å². The standard InChI is InChI=1S/C25H39N5O6S/c1-15(2)14-35-22-19(13-27-30(22)7-6-24(3,4)29-37(5,33)34)21(31)28-20-17-8-16-9-18(20)12-25(10-16,11-17)36-23(26)32/h6-7,13,15-18,20,29H,8-12,14H2,1-5H3,(H2,26,32)(H,28,31)/b7-6+/t16?,17?,18?,20-,25-. The lowest BCUT2D eigenvalue weighted by Gasteiger charge is -2.58. The van der Waals surface area contributed by atoms with E-state index in [1.807, 2.05) is 13.8 Å². The van der Waals surface area contributed by atoms with Crippen molar-refractivity contribution in [2.75, 3.05) is 12.9 Å². The van der Waals surface area contributed by atoms with E-state index in [2.05, 4.69) is 15.1 Å². The number of nitrogens with zero attached hydrogens (tertiary/aromatic N) is 2. The van der Waals surface area contributed by atoms with Crippen molar-refractivity contribution in [3.8, 4) is 5.88 Å². The van der Waals surface area contributed by atoms with Crippen molar-refractivity contribution in [1.82, 2.24) is 19.8 Å². The molecule has 37 heavy (non-hydrogen) atoms. The normalized spacial score (nSPS) is 29.1. The summed E-state index contributed by atoms with van der Waals surface area (Å²) in [5.41, 5.74) is 4.30. The third kappa shape index (κ3) is 6.46. The van der Waals surface area contributed by atoms with Gasteiger partial charge in [0, 0.05) is 17.8 Å². The second kappa shape index (κ2) is 9.94. The monoisotopic (exact) mass is 537 g/mol. The SMILES string of the molecule is CC(C)COc1c(C(=O)N[C@H]2C3CC4CC2C[C@](OC(N)=O)(C4)C3)cnn1/C=C/C(C)(C)NS(C)(=O)=O. The Morgan fingerprint density at radius 1 is 1.27 bits per heavy atom. The Morgan fingerprint density at radius 2 is 1.92 bits per heavy atom. The van der Waals surface area contributed by atoms with Crippen molar-refractivity contribution < 1.29 is 27.5 Å². The highest BCUT2D eigenvalue weighted by molar-refractivity contribution is 7.88. The molecule has 11 nitrogen and oxygen atoms in total. The number of sulfonamides is 1. The van der Waals surface area contributed by atoms with Crippen LogP contribution in [0.2, 0.25) is 0 Å². The van der Waals surface area contributed by atoms with E-state index in [1.165, 1.54) is 10.9 Å². The minimum Gasteiger partial charge on any atom is -0.477 e. The Balaban J connectivity index is 1.53. The fraction of sp³-hybridized carbons (Fsp3) is 0.720. The van der Waals surface area contributed by atoms with Gasteiger partial charge in [-0.25, -0.2) is 22.6 Å². The van der Waals surface area contributed by atoms with Crippen LogP contribution in [0.15, 0.2) is 12.3 Å². The fourth-order valence-electron chi connectivity index (χ4n) is 6.52. The fourth-order valence-corrected chi connectivity index (χ4v) is 7.55. The summed E-state index contributed by atoms with van der Waals surface area (Å²) in [6.07, 6.45) is 9.33. The van der Waals surface area contributed by atoms with E-state index in [-0.39, 0.29) is 29.7 Å². The van der Waals surface area contributed by atoms with E-state index in [0.29, 0.717) is 36.8 Å². The van der Waals surface area contributed by atoms with E-state index in [9.17, 15) is 18.0 Å². The smallest absolute Gasteiger partial charge is 0.405 e. The van der Waals surface area contributed by atoms with Crippen LogP contribution in [0, 0.1) is 23.7 Å². The largest absolute Gasteiger partial charge is 0.477 e. The molecule has 4 fully saturated rings. The summed E-state index contributed by atoms with van der Waals surface area (Å²) in [4.78, 5) is 25.0. The number of ether oxygens (including phenoxy) is 2. The molecule has 0 radical (unpaired) electrons. The zero-order valence-electron chi connectivity index (χ0n) is 22.2. The molecule has 4 N–H and O–H groups in total. The Kier molecular flexibility index (Phi) is 7.37. The van der Waals surface area contributed by atoms with E-state index in [1.54, 1.807) is 26.1 Å². The molecule has 0 aliphatic heterocycles. The predicted molar refractivity (Wildman–Crippen MR) is 138 cm³/mol. The van der Waals surface area contributed by atoms with Gasteiger partial charge < -0.3 is 20.5 Å². The molecule has 4 saturated carbocycles. The number of nitrogens with two attached hydrogens (primary N) is 1. The van der Waals surface area contributed by atoms with Crippen LogP contribution in [0.4, 0.5) is 4.79 Å². The third-order valence-corrected chi connectivity index (χ3v) is 8.36. The number of hydrogen-bond donors (Lipinski definition) is 3. The summed E-state index contributed by atoms with van der Waals surface area (Å²) >= 11 is 0. The van der Waals surface area contributed by atoms with Crippen molar-refractivity contribution in [2.45, 2.75) is 77.0 Å². The van der Waals surface area contributed by atoms with Gasteiger partial charge in [0.05, 0.1) is 19.1 Å². The molecule has 4 aliphatic rings. The molecular formula is C25H39N5O6S. The molecule has 2 atom stereocenters. The van der Waals surface area contributed by atoms with E-state index in [4.69, 9.17) is 15.2 Å². The summed E-state index contributed by atoms with van der Waals surface area (Å²) in [5, 5.41) is 7.57. The first-order valence-electron chi connectivity index (χ1n) is 12.8. The first kappa shape index (κ1) is 27.4. The lowest BCUT2D eigenvalue weighted by Crippen LogP contribution is -2.63. The number of aromatic nitrogens is 2. The van der Waals surface area contributed by atoms with Crippen LogP contribution in [0.3, 0.4) is 0 Å². The number of amides is 2. The minimum absolute atomic E-state index is 0.0246. The van der Waals surface area contributed by atoms with Gasteiger partial charge in [-0.05, 0) is 75.7 Å². The van der Waals surface area contributed by atoms with Crippen molar-refractivity contribution in [2.24, 2.45) is 29.4 Å². The number of hydrogen-bond acceptors (Lipinski definition) is 7. The number of carbonyl (C=O) groups is 2. The Hall–Kier alpha value is -2.60. The lowest BCUT2D eigenvalue weighted by molar-refractivity contribution is -0.137. The van der Waals surface area contributed by atoms with Gasteiger partial charge in [0.1, 0.15) is 11.2 Å². The summed E-state index contributed by atoms with van der Waals surface area (Å²) in [6.45, 7) is 7.84. The molecular weight excluding hydrogens is 498 g/mol. The Labute approximate surface area is 218 Å². The quantitative estimate of drug-likeness (QED) is 0.414. The van der Waals surface area contributed by atoms with Gasteiger partial charge in [0.25, 0.3) is 5.91 Å². The van der Waals surface area contributed by atoms with Crippen LogP contribution in [-0.4, -0.2) is 60.2 Å². The molecule has 0 saturated heterocycles. The van der Waals surface area contributed by atoms with Gasteiger partial charge in [0.2, 0.25) is 15.9 Å². The number of nitrogens with one attached hydrogen (secondary N) is 2. The molecule has 4 bridgehead atoms. The zero-order chi connectivity index (χ0) is 27.2. The molecule has 1 aromatic heterocycles. The average molecular weight is 538 g/mol. The highest BCUT2D eigenvalue weighted by Gasteiger charge is 2.57. The molecule has 12 heteroatoms. The maximum absolute atomic E-state index is 13.5. The molecule has 5 rings (SSSR count). The van der Waals surface area contributed by atoms with Gasteiger partial charge in [-0.3, -0.25) is 4.79 Å². The third-order valence-electron chi connectivity index (χ3n) is 7.46. The number of primary amides is 1. The maximum atomic E-state index is 13.5. The highest BCUT2D eigenvalue weighted by atomic mass is 32.2. The maximum Gasteiger partial charge on any atom is 0.405 e. The molecule has 1 aromatic rings. The van der Waals surface area contributed by atoms with Crippen LogP contribution < -0.4 is 20.5 Å². The first-order chi connectivity index (χ1) is 17.2. The molecule has 206 valence electrons. The first-order valence-corrected chi connectivity index (χ1v) is 14.7. The van der Waals surface area contributed by atoms with Gasteiger partial charge >= 0.3 is 6.09 Å². The zero-order valence-corrected chi connectivity index (χ0v) is 23.0. The molecule has 2 unspecified atom stereocenters. The van der Waals surface area contributed by atoms with E-state index >= 15 is 0 Å². The summed E-state index contributed by atoms with van der Waals surface area (Å²) in [5.74, 6) is 1.16. The second-order valence-electron chi connectivity index (χ2n) is 12.0. The van der Waals surface area contributed by atoms with Gasteiger partial charge in [0.15, 0.2) is 0 Å². The second-order valence-corrected chi connectivity index (χ2v) is 13.7. The minimum atomic E-state index is -3.42. The Bertz CT molecular complexity index is 1160. The summed E-state index contributed by atoms with van der Waals surface area (Å²) in [7, 11) is -3.42. The number of carbonyl (C=O) groups excluding carboxylic acids is 2. The molecule has 2 amide bonds. The lowest BCUT2D eigenvalue weighted by atomic mass is 9.52. The molecule has 4 aliphatic carbocycles. The molecule has 0 aromatic carbocycles. The van der Waals surface area contributed by atoms with E-state index < -0.39 is 27.3 Å². The van der Waals surface area contributed by atoms with E-state index in [0.717, 1.165) is 25.5 Å². The average Bonchev–Trinajstić information content (AvgIpc) is 3.13. The van der Waals surface area contributed by atoms with Crippen LogP contribution in [0.25, 0.3) is 6.20 Å².